The first-order chi connectivity index (χ1) is 10.4. The fourth-order valence-electron chi connectivity index (χ4n) is 2.84. The maximum atomic E-state index is 11.1. The van der Waals surface area contributed by atoms with Gasteiger partial charge in [0, 0.05) is 0 Å². The van der Waals surface area contributed by atoms with Gasteiger partial charge in [-0.05, 0) is 0 Å². The minimum absolute atomic E-state index is 0.102. The Morgan fingerprint density at radius 1 is 1.41 bits per heavy atom. The molecule has 1 saturated carbocycles. The summed E-state index contributed by atoms with van der Waals surface area (Å²) in [6.07, 6.45) is 2.49. The molecule has 2 rings (SSSR count). The normalized spacial score (nSPS) is 28.1. The standard InChI is InChI=1S/C18H24O3Se/c1-13(2)15-9-10-18(20,12-21-14(3)19)17(11-15)22-16-7-5-4-6-8-16/h4-8,15,17,20H,1,9-12H2,2-3H3/t15-,17?,18?/m1/s1. The molecule has 0 saturated heterocycles. The van der Waals surface area contributed by atoms with E-state index in [2.05, 4.69) is 25.6 Å². The Kier molecular flexibility index (Phi) is 5.85. The number of ether oxygens (including phenoxy) is 1. The molecule has 3 atom stereocenters. The van der Waals surface area contributed by atoms with Crippen LogP contribution in [0.5, 0.6) is 0 Å². The summed E-state index contributed by atoms with van der Waals surface area (Å²) in [6, 6.07) is 10.3. The van der Waals surface area contributed by atoms with Crippen LogP contribution in [-0.2, 0) is 9.53 Å². The zero-order valence-electron chi connectivity index (χ0n) is 13.2. The number of rotatable bonds is 5. The Labute approximate surface area is 138 Å². The molecule has 0 aliphatic heterocycles. The van der Waals surface area contributed by atoms with Gasteiger partial charge in [-0.2, -0.15) is 0 Å². The van der Waals surface area contributed by atoms with Crippen LogP contribution in [0.2, 0.25) is 4.82 Å². The number of esters is 1. The van der Waals surface area contributed by atoms with Crippen LogP contribution in [0.4, 0.5) is 0 Å². The molecular formula is C18H24O3Se. The number of carbonyl (C=O) groups excluding carboxylic acids is 1. The average molecular weight is 367 g/mol. The molecule has 0 aromatic heterocycles. The molecule has 1 aromatic carbocycles. The quantitative estimate of drug-likeness (QED) is 0.494. The molecule has 0 heterocycles. The summed E-state index contributed by atoms with van der Waals surface area (Å²) >= 11 is 0.143. The van der Waals surface area contributed by atoms with Gasteiger partial charge in [0.25, 0.3) is 0 Å². The van der Waals surface area contributed by atoms with E-state index >= 15 is 0 Å². The maximum absolute atomic E-state index is 11.1. The molecule has 2 unspecified atom stereocenters. The van der Waals surface area contributed by atoms with Gasteiger partial charge in [-0.1, -0.05) is 0 Å². The van der Waals surface area contributed by atoms with Gasteiger partial charge in [0.05, 0.1) is 0 Å². The van der Waals surface area contributed by atoms with Gasteiger partial charge < -0.3 is 0 Å². The summed E-state index contributed by atoms with van der Waals surface area (Å²) in [4.78, 5) is 11.3. The van der Waals surface area contributed by atoms with Gasteiger partial charge in [-0.25, -0.2) is 0 Å². The van der Waals surface area contributed by atoms with E-state index in [0.717, 1.165) is 12.8 Å². The van der Waals surface area contributed by atoms with Crippen LogP contribution in [0.1, 0.15) is 33.1 Å². The molecule has 1 fully saturated rings. The first-order valence-electron chi connectivity index (χ1n) is 7.63. The SMILES string of the molecule is C=C(C)[C@@H]1CCC(O)(COC(C)=O)C([Se]c2ccccc2)C1. The van der Waals surface area contributed by atoms with E-state index in [1.54, 1.807) is 0 Å². The average Bonchev–Trinajstić information content (AvgIpc) is 2.48. The zero-order valence-corrected chi connectivity index (χ0v) is 15.0. The van der Waals surface area contributed by atoms with Crippen molar-refractivity contribution in [1.82, 2.24) is 0 Å². The van der Waals surface area contributed by atoms with E-state index in [9.17, 15) is 9.90 Å². The van der Waals surface area contributed by atoms with Crippen LogP contribution in [0.3, 0.4) is 0 Å². The number of allylic oxidation sites excluding steroid dienone is 1. The van der Waals surface area contributed by atoms with E-state index in [-0.39, 0.29) is 32.3 Å². The Morgan fingerprint density at radius 3 is 2.68 bits per heavy atom. The molecule has 1 aliphatic carbocycles. The van der Waals surface area contributed by atoms with Crippen molar-refractivity contribution in [2.45, 2.75) is 43.5 Å². The summed E-state index contributed by atoms with van der Waals surface area (Å²) in [5.74, 6) is 0.120. The third kappa shape index (κ3) is 4.45. The predicted molar refractivity (Wildman–Crippen MR) is 89.3 cm³/mol. The van der Waals surface area contributed by atoms with Crippen molar-refractivity contribution in [2.75, 3.05) is 6.61 Å². The van der Waals surface area contributed by atoms with Crippen molar-refractivity contribution < 1.29 is 14.6 Å². The summed E-state index contributed by atoms with van der Waals surface area (Å²) in [6.45, 7) is 7.64. The summed E-state index contributed by atoms with van der Waals surface area (Å²) in [5, 5.41) is 11.0. The Balaban J connectivity index is 2.15. The van der Waals surface area contributed by atoms with Crippen LogP contribution in [0.15, 0.2) is 42.5 Å². The fourth-order valence-corrected chi connectivity index (χ4v) is 5.73. The topological polar surface area (TPSA) is 46.5 Å². The molecule has 4 heteroatoms. The molecule has 0 amide bonds. The van der Waals surface area contributed by atoms with Crippen molar-refractivity contribution >= 4 is 25.4 Å². The first kappa shape index (κ1) is 17.3. The summed E-state index contributed by atoms with van der Waals surface area (Å²) < 4.78 is 6.41. The number of hydrogen-bond acceptors (Lipinski definition) is 3. The van der Waals surface area contributed by atoms with E-state index in [1.165, 1.54) is 17.0 Å². The van der Waals surface area contributed by atoms with Crippen molar-refractivity contribution in [3.8, 4) is 0 Å². The molecule has 0 radical (unpaired) electrons. The third-order valence-corrected chi connectivity index (χ3v) is 7.33. The number of carbonyl (C=O) groups is 1. The van der Waals surface area contributed by atoms with Gasteiger partial charge >= 0.3 is 139 Å². The zero-order chi connectivity index (χ0) is 16.2. The number of hydrogen-bond donors (Lipinski definition) is 1. The second-order valence-electron chi connectivity index (χ2n) is 6.12. The first-order valence-corrected chi connectivity index (χ1v) is 9.48. The Bertz CT molecular complexity index is 528. The molecule has 22 heavy (non-hydrogen) atoms. The minimum atomic E-state index is -0.909. The van der Waals surface area contributed by atoms with Gasteiger partial charge in [0.1, 0.15) is 0 Å². The molecule has 0 spiro atoms. The van der Waals surface area contributed by atoms with Gasteiger partial charge in [-0.3, -0.25) is 0 Å². The van der Waals surface area contributed by atoms with Crippen LogP contribution >= 0.6 is 0 Å². The molecule has 120 valence electrons. The van der Waals surface area contributed by atoms with Crippen molar-refractivity contribution in [1.29, 1.82) is 0 Å². The monoisotopic (exact) mass is 368 g/mol. The summed E-state index contributed by atoms with van der Waals surface area (Å²) in [7, 11) is 0. The second kappa shape index (κ2) is 7.45. The second-order valence-corrected chi connectivity index (χ2v) is 8.80. The van der Waals surface area contributed by atoms with Crippen LogP contribution in [0.25, 0.3) is 0 Å². The Morgan fingerprint density at radius 2 is 2.09 bits per heavy atom. The number of benzene rings is 1. The Hall–Kier alpha value is -1.09. The van der Waals surface area contributed by atoms with Gasteiger partial charge in [-0.15, -0.1) is 0 Å². The molecular weight excluding hydrogens is 343 g/mol. The molecule has 0 bridgehead atoms. The van der Waals surface area contributed by atoms with Crippen molar-refractivity contribution in [3.05, 3.63) is 42.5 Å². The van der Waals surface area contributed by atoms with E-state index < -0.39 is 5.60 Å². The fraction of sp³-hybridized carbons (Fsp3) is 0.500. The third-order valence-electron chi connectivity index (χ3n) is 4.27. The summed E-state index contributed by atoms with van der Waals surface area (Å²) in [5.41, 5.74) is 0.274. The molecule has 3 nitrogen and oxygen atoms in total. The van der Waals surface area contributed by atoms with E-state index in [0.29, 0.717) is 12.3 Å². The van der Waals surface area contributed by atoms with E-state index in [4.69, 9.17) is 4.74 Å². The number of aliphatic hydroxyl groups is 1. The van der Waals surface area contributed by atoms with Crippen molar-refractivity contribution in [2.24, 2.45) is 5.92 Å². The van der Waals surface area contributed by atoms with Gasteiger partial charge in [0.2, 0.25) is 0 Å². The molecule has 1 aliphatic rings. The van der Waals surface area contributed by atoms with Gasteiger partial charge in [0.15, 0.2) is 0 Å². The molecule has 1 aromatic rings. The van der Waals surface area contributed by atoms with Crippen LogP contribution < -0.4 is 4.46 Å². The van der Waals surface area contributed by atoms with Crippen LogP contribution in [-0.4, -0.2) is 38.2 Å². The molecule has 1 N–H and O–H groups in total. The van der Waals surface area contributed by atoms with E-state index in [1.807, 2.05) is 18.2 Å². The van der Waals surface area contributed by atoms with Crippen LogP contribution in [0, 0.1) is 5.92 Å². The van der Waals surface area contributed by atoms with Crippen molar-refractivity contribution in [3.63, 3.8) is 0 Å². The predicted octanol–water partition coefficient (Wildman–Crippen LogP) is 2.48.